The second-order valence-electron chi connectivity index (χ2n) is 5.68. The van der Waals surface area contributed by atoms with Crippen LogP contribution in [0.15, 0.2) is 36.4 Å². The number of rotatable bonds is 2. The van der Waals surface area contributed by atoms with Crippen molar-refractivity contribution in [2.24, 2.45) is 0 Å². The normalized spacial score (nSPS) is 12.8. The van der Waals surface area contributed by atoms with E-state index in [2.05, 4.69) is 61.7 Å². The van der Waals surface area contributed by atoms with E-state index in [-0.39, 0.29) is 5.38 Å². The molecule has 0 aliphatic carbocycles. The van der Waals surface area contributed by atoms with Crippen LogP contribution in [0, 0.1) is 20.8 Å². The summed E-state index contributed by atoms with van der Waals surface area (Å²) in [6.45, 7) is 8.30. The molecule has 2 nitrogen and oxygen atoms in total. The molecule has 0 aliphatic rings. The van der Waals surface area contributed by atoms with Crippen LogP contribution >= 0.6 is 11.6 Å². The number of benzene rings is 2. The first-order chi connectivity index (χ1) is 9.97. The van der Waals surface area contributed by atoms with E-state index in [1.54, 1.807) is 0 Å². The second-order valence-corrected chi connectivity index (χ2v) is 6.34. The van der Waals surface area contributed by atoms with E-state index in [1.165, 1.54) is 16.7 Å². The van der Waals surface area contributed by atoms with Crippen LogP contribution in [0.2, 0.25) is 0 Å². The third-order valence-electron chi connectivity index (χ3n) is 3.94. The summed E-state index contributed by atoms with van der Waals surface area (Å²) in [5.41, 5.74) is 6.99. The molecule has 0 saturated heterocycles. The Hall–Kier alpha value is -1.80. The van der Waals surface area contributed by atoms with Crippen molar-refractivity contribution in [2.75, 3.05) is 0 Å². The van der Waals surface area contributed by atoms with E-state index in [4.69, 9.17) is 16.6 Å². The van der Waals surface area contributed by atoms with Crippen molar-refractivity contribution in [3.8, 4) is 5.69 Å². The predicted octanol–water partition coefficient (Wildman–Crippen LogP) is 5.25. The summed E-state index contributed by atoms with van der Waals surface area (Å²) in [5.74, 6) is 0.889. The van der Waals surface area contributed by atoms with E-state index in [0.717, 1.165) is 22.5 Å². The first-order valence-electron chi connectivity index (χ1n) is 7.18. The third kappa shape index (κ3) is 2.44. The second kappa shape index (κ2) is 5.19. The summed E-state index contributed by atoms with van der Waals surface area (Å²) < 4.78 is 2.17. The molecular formula is C18H19ClN2. The van der Waals surface area contributed by atoms with E-state index < -0.39 is 0 Å². The highest BCUT2D eigenvalue weighted by Gasteiger charge is 2.16. The number of hydrogen-bond donors (Lipinski definition) is 0. The Balaban J connectivity index is 2.33. The fourth-order valence-electron chi connectivity index (χ4n) is 2.61. The number of aromatic nitrogens is 2. The zero-order valence-electron chi connectivity index (χ0n) is 12.8. The van der Waals surface area contributed by atoms with Crippen molar-refractivity contribution in [3.63, 3.8) is 0 Å². The molecule has 2 aromatic carbocycles. The summed E-state index contributed by atoms with van der Waals surface area (Å²) >= 11 is 6.36. The summed E-state index contributed by atoms with van der Waals surface area (Å²) in [6.07, 6.45) is 0. The van der Waals surface area contributed by atoms with Gasteiger partial charge in [0.05, 0.1) is 16.4 Å². The monoisotopic (exact) mass is 298 g/mol. The van der Waals surface area contributed by atoms with Gasteiger partial charge < -0.3 is 0 Å². The van der Waals surface area contributed by atoms with Crippen LogP contribution in [-0.2, 0) is 0 Å². The number of alkyl halides is 1. The van der Waals surface area contributed by atoms with Gasteiger partial charge in [0.25, 0.3) is 0 Å². The minimum atomic E-state index is -0.140. The highest BCUT2D eigenvalue weighted by atomic mass is 35.5. The van der Waals surface area contributed by atoms with Gasteiger partial charge in [0, 0.05) is 5.69 Å². The van der Waals surface area contributed by atoms with Crippen LogP contribution in [0.25, 0.3) is 16.7 Å². The van der Waals surface area contributed by atoms with Crippen molar-refractivity contribution in [1.29, 1.82) is 0 Å². The van der Waals surface area contributed by atoms with E-state index >= 15 is 0 Å². The first-order valence-corrected chi connectivity index (χ1v) is 7.61. The van der Waals surface area contributed by atoms with Crippen molar-refractivity contribution in [2.45, 2.75) is 33.1 Å². The molecule has 0 radical (unpaired) electrons. The van der Waals surface area contributed by atoms with Crippen LogP contribution in [0.3, 0.4) is 0 Å². The summed E-state index contributed by atoms with van der Waals surface area (Å²) in [5, 5.41) is -0.140. The van der Waals surface area contributed by atoms with Crippen LogP contribution in [-0.4, -0.2) is 9.55 Å². The van der Waals surface area contributed by atoms with Gasteiger partial charge >= 0.3 is 0 Å². The Labute approximate surface area is 130 Å². The maximum absolute atomic E-state index is 6.36. The molecule has 0 saturated carbocycles. The molecule has 0 aliphatic heterocycles. The molecule has 3 rings (SSSR count). The molecule has 0 amide bonds. The minimum Gasteiger partial charge on any atom is -0.295 e. The topological polar surface area (TPSA) is 17.8 Å². The average molecular weight is 299 g/mol. The van der Waals surface area contributed by atoms with Gasteiger partial charge in [-0.1, -0.05) is 12.1 Å². The number of imidazole rings is 1. The Bertz CT molecular complexity index is 815. The Morgan fingerprint density at radius 2 is 1.76 bits per heavy atom. The van der Waals surface area contributed by atoms with E-state index in [9.17, 15) is 0 Å². The van der Waals surface area contributed by atoms with Crippen molar-refractivity contribution in [3.05, 3.63) is 58.9 Å². The number of halogens is 1. The van der Waals surface area contributed by atoms with Gasteiger partial charge in [-0.3, -0.25) is 4.57 Å². The highest BCUT2D eigenvalue weighted by Crippen LogP contribution is 2.29. The molecule has 1 aromatic heterocycles. The number of aryl methyl sites for hydroxylation is 3. The largest absolute Gasteiger partial charge is 0.295 e. The smallest absolute Gasteiger partial charge is 0.132 e. The lowest BCUT2D eigenvalue weighted by Crippen LogP contribution is -2.02. The quantitative estimate of drug-likeness (QED) is 0.591. The molecule has 1 heterocycles. The van der Waals surface area contributed by atoms with Crippen molar-refractivity contribution >= 4 is 22.6 Å². The van der Waals surface area contributed by atoms with Gasteiger partial charge in [-0.2, -0.15) is 0 Å². The van der Waals surface area contributed by atoms with E-state index in [0.29, 0.717) is 0 Å². The molecular weight excluding hydrogens is 280 g/mol. The standard InChI is InChI=1S/C18H19ClN2/c1-11-5-8-17-16(9-11)20-18(14(4)19)21(17)15-7-6-12(2)13(3)10-15/h5-10,14H,1-4H3. The van der Waals surface area contributed by atoms with Crippen LogP contribution < -0.4 is 0 Å². The van der Waals surface area contributed by atoms with Crippen molar-refractivity contribution < 1.29 is 0 Å². The van der Waals surface area contributed by atoms with Gasteiger partial charge in [-0.05, 0) is 68.7 Å². The fraction of sp³-hybridized carbons (Fsp3) is 0.278. The molecule has 0 N–H and O–H groups in total. The minimum absolute atomic E-state index is 0.140. The van der Waals surface area contributed by atoms with Gasteiger partial charge in [-0.25, -0.2) is 4.98 Å². The zero-order chi connectivity index (χ0) is 15.1. The number of nitrogens with zero attached hydrogens (tertiary/aromatic N) is 2. The first kappa shape index (κ1) is 14.2. The molecule has 0 spiro atoms. The molecule has 0 fully saturated rings. The Morgan fingerprint density at radius 3 is 2.43 bits per heavy atom. The maximum Gasteiger partial charge on any atom is 0.132 e. The molecule has 3 aromatic rings. The van der Waals surface area contributed by atoms with Gasteiger partial charge in [0.1, 0.15) is 5.82 Å². The molecule has 108 valence electrons. The number of hydrogen-bond acceptors (Lipinski definition) is 1. The zero-order valence-corrected chi connectivity index (χ0v) is 13.6. The number of fused-ring (bicyclic) bond motifs is 1. The summed E-state index contributed by atoms with van der Waals surface area (Å²) in [7, 11) is 0. The Kier molecular flexibility index (Phi) is 3.50. The molecule has 3 heteroatoms. The average Bonchev–Trinajstić information content (AvgIpc) is 2.80. The van der Waals surface area contributed by atoms with Crippen molar-refractivity contribution in [1.82, 2.24) is 9.55 Å². The highest BCUT2D eigenvalue weighted by molar-refractivity contribution is 6.20. The lowest BCUT2D eigenvalue weighted by molar-refractivity contribution is 0.881. The lowest BCUT2D eigenvalue weighted by atomic mass is 10.1. The van der Waals surface area contributed by atoms with Crippen LogP contribution in [0.4, 0.5) is 0 Å². The fourth-order valence-corrected chi connectivity index (χ4v) is 2.76. The maximum atomic E-state index is 6.36. The van der Waals surface area contributed by atoms with Crippen LogP contribution in [0.5, 0.6) is 0 Å². The Morgan fingerprint density at radius 1 is 1.00 bits per heavy atom. The predicted molar refractivity (Wildman–Crippen MR) is 89.5 cm³/mol. The van der Waals surface area contributed by atoms with Gasteiger partial charge in [-0.15, -0.1) is 11.6 Å². The lowest BCUT2D eigenvalue weighted by Gasteiger charge is -2.12. The SMILES string of the molecule is Cc1ccc2c(c1)nc(C(C)Cl)n2-c1ccc(C)c(C)c1. The molecule has 21 heavy (non-hydrogen) atoms. The van der Waals surface area contributed by atoms with Crippen LogP contribution in [0.1, 0.15) is 34.8 Å². The summed E-state index contributed by atoms with van der Waals surface area (Å²) in [6, 6.07) is 12.8. The third-order valence-corrected chi connectivity index (χ3v) is 4.14. The molecule has 1 unspecified atom stereocenters. The van der Waals surface area contributed by atoms with Gasteiger partial charge in [0.2, 0.25) is 0 Å². The molecule has 1 atom stereocenters. The van der Waals surface area contributed by atoms with E-state index in [1.807, 2.05) is 6.92 Å². The van der Waals surface area contributed by atoms with Gasteiger partial charge in [0.15, 0.2) is 0 Å². The molecule has 0 bridgehead atoms. The summed E-state index contributed by atoms with van der Waals surface area (Å²) in [4.78, 5) is 4.73.